The first-order valence-electron chi connectivity index (χ1n) is 7.94. The van der Waals surface area contributed by atoms with Crippen molar-refractivity contribution in [1.82, 2.24) is 9.97 Å². The summed E-state index contributed by atoms with van der Waals surface area (Å²) in [5.74, 6) is 2.48. The van der Waals surface area contributed by atoms with E-state index in [2.05, 4.69) is 29.0 Å². The van der Waals surface area contributed by atoms with Crippen LogP contribution in [0.2, 0.25) is 0 Å². The molecule has 23 heavy (non-hydrogen) atoms. The zero-order valence-electron chi connectivity index (χ0n) is 13.6. The maximum absolute atomic E-state index is 5.89. The zero-order chi connectivity index (χ0) is 16.1. The zero-order valence-corrected chi connectivity index (χ0v) is 14.4. The predicted molar refractivity (Wildman–Crippen MR) is 93.8 cm³/mol. The van der Waals surface area contributed by atoms with Crippen LogP contribution in [0.4, 0.5) is 0 Å². The highest BCUT2D eigenvalue weighted by atomic mass is 32.2. The Morgan fingerprint density at radius 1 is 1.22 bits per heavy atom. The van der Waals surface area contributed by atoms with E-state index in [-0.39, 0.29) is 0 Å². The van der Waals surface area contributed by atoms with Crippen molar-refractivity contribution in [3.63, 3.8) is 0 Å². The smallest absolute Gasteiger partial charge is 0.220 e. The van der Waals surface area contributed by atoms with E-state index in [9.17, 15) is 0 Å². The summed E-state index contributed by atoms with van der Waals surface area (Å²) in [4.78, 5) is 8.75. The molecule has 0 spiro atoms. The topological polar surface area (TPSA) is 44.2 Å². The summed E-state index contributed by atoms with van der Waals surface area (Å²) in [7, 11) is 1.66. The Bertz CT molecular complexity index is 636. The standard InChI is InChI=1S/C18H22N2O2S/c1-13-8-9-15(22-13)10-23-11-16-17(14-6-4-3-5-7-14)19-12-20-18(16)21-2/h3-7,12-13,15H,8-11H2,1-2H3. The van der Waals surface area contributed by atoms with Gasteiger partial charge in [0.1, 0.15) is 6.33 Å². The first-order chi connectivity index (χ1) is 11.3. The van der Waals surface area contributed by atoms with Crippen LogP contribution in [0.1, 0.15) is 25.3 Å². The van der Waals surface area contributed by atoms with Crippen molar-refractivity contribution in [3.8, 4) is 17.1 Å². The minimum absolute atomic E-state index is 0.366. The van der Waals surface area contributed by atoms with Crippen LogP contribution in [0, 0.1) is 0 Å². The van der Waals surface area contributed by atoms with E-state index in [0.717, 1.165) is 41.2 Å². The van der Waals surface area contributed by atoms with Crippen molar-refractivity contribution in [1.29, 1.82) is 0 Å². The van der Waals surface area contributed by atoms with Crippen molar-refractivity contribution >= 4 is 11.8 Å². The Kier molecular flexibility index (Phi) is 5.51. The molecule has 2 unspecified atom stereocenters. The summed E-state index contributed by atoms with van der Waals surface area (Å²) >= 11 is 1.86. The van der Waals surface area contributed by atoms with E-state index in [1.807, 2.05) is 30.0 Å². The molecule has 0 amide bonds. The summed E-state index contributed by atoms with van der Waals surface area (Å²) in [5.41, 5.74) is 3.09. The van der Waals surface area contributed by atoms with E-state index < -0.39 is 0 Å². The van der Waals surface area contributed by atoms with E-state index >= 15 is 0 Å². The Morgan fingerprint density at radius 2 is 2.04 bits per heavy atom. The molecular weight excluding hydrogens is 308 g/mol. The molecular formula is C18H22N2O2S. The van der Waals surface area contributed by atoms with Crippen LogP contribution < -0.4 is 4.74 Å². The Balaban J connectivity index is 1.74. The van der Waals surface area contributed by atoms with Crippen LogP contribution in [0.25, 0.3) is 11.3 Å². The number of hydrogen-bond acceptors (Lipinski definition) is 5. The lowest BCUT2D eigenvalue weighted by Gasteiger charge is -2.14. The summed E-state index contributed by atoms with van der Waals surface area (Å²) in [5, 5.41) is 0. The highest BCUT2D eigenvalue weighted by molar-refractivity contribution is 7.98. The third-order valence-corrected chi connectivity index (χ3v) is 5.12. The Morgan fingerprint density at radius 3 is 2.74 bits per heavy atom. The molecule has 1 aromatic carbocycles. The molecule has 5 heteroatoms. The third kappa shape index (κ3) is 4.03. The normalized spacial score (nSPS) is 20.6. The van der Waals surface area contributed by atoms with Crippen LogP contribution >= 0.6 is 11.8 Å². The molecule has 0 radical (unpaired) electrons. The third-order valence-electron chi connectivity index (χ3n) is 4.02. The molecule has 122 valence electrons. The largest absolute Gasteiger partial charge is 0.481 e. The molecule has 3 rings (SSSR count). The summed E-state index contributed by atoms with van der Waals surface area (Å²) in [6.07, 6.45) is 4.65. The fraction of sp³-hybridized carbons (Fsp3) is 0.444. The van der Waals surface area contributed by atoms with Crippen LogP contribution in [0.5, 0.6) is 5.88 Å². The molecule has 4 nitrogen and oxygen atoms in total. The van der Waals surface area contributed by atoms with Crippen LogP contribution in [0.3, 0.4) is 0 Å². The summed E-state index contributed by atoms with van der Waals surface area (Å²) in [6.45, 7) is 2.15. The first kappa shape index (κ1) is 16.3. The molecule has 2 aromatic rings. The lowest BCUT2D eigenvalue weighted by molar-refractivity contribution is 0.0700. The maximum atomic E-state index is 5.89. The number of aromatic nitrogens is 2. The van der Waals surface area contributed by atoms with Crippen molar-refractivity contribution < 1.29 is 9.47 Å². The van der Waals surface area contributed by atoms with Gasteiger partial charge in [-0.1, -0.05) is 30.3 Å². The van der Waals surface area contributed by atoms with Crippen molar-refractivity contribution in [2.75, 3.05) is 12.9 Å². The monoisotopic (exact) mass is 330 g/mol. The molecule has 0 bridgehead atoms. The fourth-order valence-electron chi connectivity index (χ4n) is 2.85. The molecule has 1 saturated heterocycles. The average Bonchev–Trinajstić information content (AvgIpc) is 3.01. The number of benzene rings is 1. The van der Waals surface area contributed by atoms with Crippen molar-refractivity contribution in [2.24, 2.45) is 0 Å². The Labute approximate surface area is 141 Å². The van der Waals surface area contributed by atoms with Gasteiger partial charge in [-0.05, 0) is 19.8 Å². The molecule has 1 aromatic heterocycles. The summed E-state index contributed by atoms with van der Waals surface area (Å²) in [6, 6.07) is 10.2. The molecule has 1 aliphatic rings. The van der Waals surface area contributed by atoms with Crippen molar-refractivity contribution in [2.45, 2.75) is 37.7 Å². The fourth-order valence-corrected chi connectivity index (χ4v) is 3.94. The van der Waals surface area contributed by atoms with Gasteiger partial charge in [-0.15, -0.1) is 0 Å². The van der Waals surface area contributed by atoms with Crippen LogP contribution in [-0.4, -0.2) is 35.0 Å². The van der Waals surface area contributed by atoms with Crippen molar-refractivity contribution in [3.05, 3.63) is 42.2 Å². The van der Waals surface area contributed by atoms with Gasteiger partial charge in [0.15, 0.2) is 0 Å². The SMILES string of the molecule is COc1ncnc(-c2ccccc2)c1CSCC1CCC(C)O1. The molecule has 1 aliphatic heterocycles. The second-order valence-electron chi connectivity index (χ2n) is 5.74. The number of thioether (sulfide) groups is 1. The van der Waals surface area contributed by atoms with Gasteiger partial charge in [0.05, 0.1) is 30.6 Å². The predicted octanol–water partition coefficient (Wildman–Crippen LogP) is 3.95. The van der Waals surface area contributed by atoms with Gasteiger partial charge in [-0.25, -0.2) is 9.97 Å². The molecule has 0 saturated carbocycles. The maximum Gasteiger partial charge on any atom is 0.220 e. The molecule has 0 aliphatic carbocycles. The van der Waals surface area contributed by atoms with Gasteiger partial charge in [-0.2, -0.15) is 11.8 Å². The van der Waals surface area contributed by atoms with Gasteiger partial charge in [0.2, 0.25) is 5.88 Å². The Hall–Kier alpha value is -1.59. The number of hydrogen-bond donors (Lipinski definition) is 0. The average molecular weight is 330 g/mol. The van der Waals surface area contributed by atoms with Gasteiger partial charge in [0, 0.05) is 17.1 Å². The van der Waals surface area contributed by atoms with E-state index in [4.69, 9.17) is 9.47 Å². The van der Waals surface area contributed by atoms with Gasteiger partial charge < -0.3 is 9.47 Å². The van der Waals surface area contributed by atoms with Crippen LogP contribution in [0.15, 0.2) is 36.7 Å². The second-order valence-corrected chi connectivity index (χ2v) is 6.77. The number of rotatable bonds is 6. The molecule has 2 atom stereocenters. The minimum Gasteiger partial charge on any atom is -0.481 e. The summed E-state index contributed by atoms with van der Waals surface area (Å²) < 4.78 is 11.3. The molecule has 0 N–H and O–H groups in total. The lowest BCUT2D eigenvalue weighted by Crippen LogP contribution is -2.11. The quantitative estimate of drug-likeness (QED) is 0.802. The number of nitrogens with zero attached hydrogens (tertiary/aromatic N) is 2. The second kappa shape index (κ2) is 7.79. The highest BCUT2D eigenvalue weighted by Crippen LogP contribution is 2.31. The number of methoxy groups -OCH3 is 1. The first-order valence-corrected chi connectivity index (χ1v) is 9.10. The van der Waals surface area contributed by atoms with Gasteiger partial charge in [-0.3, -0.25) is 0 Å². The van der Waals surface area contributed by atoms with Gasteiger partial charge >= 0.3 is 0 Å². The minimum atomic E-state index is 0.366. The lowest BCUT2D eigenvalue weighted by atomic mass is 10.1. The highest BCUT2D eigenvalue weighted by Gasteiger charge is 2.22. The number of ether oxygens (including phenoxy) is 2. The van der Waals surface area contributed by atoms with E-state index in [0.29, 0.717) is 18.1 Å². The molecule has 2 heterocycles. The van der Waals surface area contributed by atoms with Crippen LogP contribution in [-0.2, 0) is 10.5 Å². The van der Waals surface area contributed by atoms with E-state index in [1.54, 1.807) is 13.4 Å². The van der Waals surface area contributed by atoms with E-state index in [1.165, 1.54) is 0 Å². The molecule has 1 fully saturated rings. The van der Waals surface area contributed by atoms with Gasteiger partial charge in [0.25, 0.3) is 0 Å².